The van der Waals surface area contributed by atoms with Crippen molar-refractivity contribution in [3.63, 3.8) is 0 Å². The van der Waals surface area contributed by atoms with E-state index in [1.54, 1.807) is 0 Å². The van der Waals surface area contributed by atoms with Gasteiger partial charge in [-0.2, -0.15) is 0 Å². The molecule has 0 heterocycles. The smallest absolute Gasteiger partial charge is 0.306 e. The molecule has 0 rings (SSSR count). The molecule has 0 radical (unpaired) electrons. The average molecular weight is 918 g/mol. The lowest BCUT2D eigenvalue weighted by atomic mass is 10.0. The van der Waals surface area contributed by atoms with E-state index in [9.17, 15) is 14.4 Å². The summed E-state index contributed by atoms with van der Waals surface area (Å²) < 4.78 is 16.8. The van der Waals surface area contributed by atoms with Crippen molar-refractivity contribution >= 4 is 17.9 Å². The molecule has 0 aromatic carbocycles. The van der Waals surface area contributed by atoms with E-state index in [0.717, 1.165) is 70.6 Å². The van der Waals surface area contributed by atoms with Crippen LogP contribution in [0.15, 0.2) is 12.2 Å². The van der Waals surface area contributed by atoms with E-state index in [1.165, 1.54) is 218 Å². The van der Waals surface area contributed by atoms with Crippen LogP contribution in [0.3, 0.4) is 0 Å². The molecule has 0 saturated carbocycles. The molecule has 0 aliphatic rings. The fourth-order valence-electron chi connectivity index (χ4n) is 8.86. The van der Waals surface area contributed by atoms with E-state index in [4.69, 9.17) is 14.2 Å². The van der Waals surface area contributed by atoms with Crippen LogP contribution in [0.4, 0.5) is 0 Å². The third-order valence-electron chi connectivity index (χ3n) is 13.3. The highest BCUT2D eigenvalue weighted by Gasteiger charge is 2.19. The molecule has 6 heteroatoms. The van der Waals surface area contributed by atoms with Gasteiger partial charge in [0.25, 0.3) is 0 Å². The normalized spacial score (nSPS) is 12.0. The molecule has 0 aliphatic heterocycles. The van der Waals surface area contributed by atoms with Crippen LogP contribution in [-0.2, 0) is 28.6 Å². The molecule has 0 amide bonds. The lowest BCUT2D eigenvalue weighted by molar-refractivity contribution is -0.167. The zero-order valence-corrected chi connectivity index (χ0v) is 44.0. The Kier molecular flexibility index (Phi) is 53.2. The summed E-state index contributed by atoms with van der Waals surface area (Å²) in [6.45, 7) is 6.62. The monoisotopic (exact) mass is 917 g/mol. The van der Waals surface area contributed by atoms with Crippen LogP contribution in [0.2, 0.25) is 0 Å². The number of rotatable bonds is 54. The number of hydrogen-bond acceptors (Lipinski definition) is 6. The van der Waals surface area contributed by atoms with Gasteiger partial charge in [-0.15, -0.1) is 0 Å². The van der Waals surface area contributed by atoms with Crippen molar-refractivity contribution in [1.29, 1.82) is 0 Å². The molecule has 0 aromatic rings. The minimum atomic E-state index is -0.766. The standard InChI is InChI=1S/C59H112O6/c1-4-7-10-13-16-19-22-24-25-26-27-28-29-30-31-32-33-34-35-36-38-40-43-46-49-52-58(61)64-55-56(54-63-57(60)51-48-45-42-39-21-18-15-12-9-6-3)65-59(62)53-50-47-44-41-37-23-20-17-14-11-8-5-2/h12,15,56H,4-11,13-14,16-55H2,1-3H3/b15-12-. The summed E-state index contributed by atoms with van der Waals surface area (Å²) in [5.74, 6) is -0.858. The Hall–Kier alpha value is -1.85. The molecule has 65 heavy (non-hydrogen) atoms. The number of allylic oxidation sites excluding steroid dienone is 2. The van der Waals surface area contributed by atoms with Crippen LogP contribution in [-0.4, -0.2) is 37.2 Å². The van der Waals surface area contributed by atoms with Crippen molar-refractivity contribution in [2.45, 2.75) is 335 Å². The summed E-state index contributed by atoms with van der Waals surface area (Å²) >= 11 is 0. The van der Waals surface area contributed by atoms with E-state index in [0.29, 0.717) is 19.3 Å². The zero-order valence-electron chi connectivity index (χ0n) is 44.0. The molecule has 1 unspecified atom stereocenters. The van der Waals surface area contributed by atoms with E-state index in [2.05, 4.69) is 32.9 Å². The third kappa shape index (κ3) is 53.0. The van der Waals surface area contributed by atoms with Gasteiger partial charge in [0.15, 0.2) is 6.10 Å². The molecule has 0 spiro atoms. The van der Waals surface area contributed by atoms with Crippen molar-refractivity contribution < 1.29 is 28.6 Å². The SMILES string of the molecule is CCC/C=C\CCCCCCCC(=O)OCC(COC(=O)CCCCCCCCCCCCCCCCCCCCCCCCCCC)OC(=O)CCCCCCCCCCCCCC. The van der Waals surface area contributed by atoms with Crippen LogP contribution in [0, 0.1) is 0 Å². The molecule has 0 fully saturated rings. The van der Waals surface area contributed by atoms with Gasteiger partial charge in [-0.25, -0.2) is 0 Å². The predicted octanol–water partition coefficient (Wildman–Crippen LogP) is 19.3. The maximum absolute atomic E-state index is 12.8. The number of carbonyl (C=O) groups excluding carboxylic acids is 3. The highest BCUT2D eigenvalue weighted by atomic mass is 16.6. The summed E-state index contributed by atoms with van der Waals surface area (Å²) in [6, 6.07) is 0. The van der Waals surface area contributed by atoms with E-state index in [-0.39, 0.29) is 31.1 Å². The molecule has 0 bridgehead atoms. The quantitative estimate of drug-likeness (QED) is 0.0262. The van der Waals surface area contributed by atoms with Gasteiger partial charge in [-0.1, -0.05) is 283 Å². The predicted molar refractivity (Wildman–Crippen MR) is 280 cm³/mol. The fraction of sp³-hybridized carbons (Fsp3) is 0.915. The van der Waals surface area contributed by atoms with E-state index < -0.39 is 6.10 Å². The molecule has 1 atom stereocenters. The van der Waals surface area contributed by atoms with Gasteiger partial charge in [0, 0.05) is 19.3 Å². The van der Waals surface area contributed by atoms with E-state index in [1.807, 2.05) is 0 Å². The topological polar surface area (TPSA) is 78.9 Å². The number of carbonyl (C=O) groups is 3. The number of esters is 3. The first kappa shape index (κ1) is 63.1. The van der Waals surface area contributed by atoms with Gasteiger partial charge < -0.3 is 14.2 Å². The first-order valence-electron chi connectivity index (χ1n) is 29.2. The van der Waals surface area contributed by atoms with Gasteiger partial charge in [0.05, 0.1) is 0 Å². The van der Waals surface area contributed by atoms with Crippen LogP contribution in [0.1, 0.15) is 329 Å². The van der Waals surface area contributed by atoms with Gasteiger partial charge >= 0.3 is 17.9 Å². The van der Waals surface area contributed by atoms with Crippen molar-refractivity contribution in [3.8, 4) is 0 Å². The second kappa shape index (κ2) is 54.8. The van der Waals surface area contributed by atoms with Gasteiger partial charge in [-0.05, 0) is 38.5 Å². The molecule has 0 aliphatic carbocycles. The highest BCUT2D eigenvalue weighted by Crippen LogP contribution is 2.18. The minimum Gasteiger partial charge on any atom is -0.462 e. The van der Waals surface area contributed by atoms with Gasteiger partial charge in [0.1, 0.15) is 13.2 Å². The molecular weight excluding hydrogens is 805 g/mol. The average Bonchev–Trinajstić information content (AvgIpc) is 3.30. The van der Waals surface area contributed by atoms with Crippen molar-refractivity contribution in [3.05, 3.63) is 12.2 Å². The van der Waals surface area contributed by atoms with Crippen LogP contribution in [0.5, 0.6) is 0 Å². The molecule has 0 aromatic heterocycles. The maximum Gasteiger partial charge on any atom is 0.306 e. The van der Waals surface area contributed by atoms with Crippen LogP contribution >= 0.6 is 0 Å². The Labute approximate surface area is 405 Å². The summed E-state index contributed by atoms with van der Waals surface area (Å²) in [6.07, 6.45) is 62.3. The van der Waals surface area contributed by atoms with Crippen molar-refractivity contribution in [2.24, 2.45) is 0 Å². The summed E-state index contributed by atoms with van der Waals surface area (Å²) in [4.78, 5) is 38.0. The molecule has 0 N–H and O–H groups in total. The molecule has 0 saturated heterocycles. The molecular formula is C59H112O6. The maximum atomic E-state index is 12.8. The second-order valence-corrected chi connectivity index (χ2v) is 19.9. The molecule has 384 valence electrons. The summed E-state index contributed by atoms with van der Waals surface area (Å²) in [7, 11) is 0. The Balaban J connectivity index is 4.10. The third-order valence-corrected chi connectivity index (χ3v) is 13.3. The van der Waals surface area contributed by atoms with E-state index >= 15 is 0 Å². The summed E-state index contributed by atoms with van der Waals surface area (Å²) in [5, 5.41) is 0. The first-order valence-corrected chi connectivity index (χ1v) is 29.2. The first-order chi connectivity index (χ1) is 32.0. The number of unbranched alkanes of at least 4 members (excludes halogenated alkanes) is 41. The summed E-state index contributed by atoms with van der Waals surface area (Å²) in [5.41, 5.74) is 0. The van der Waals surface area contributed by atoms with Crippen LogP contribution in [0.25, 0.3) is 0 Å². The molecule has 6 nitrogen and oxygen atoms in total. The zero-order chi connectivity index (χ0) is 47.2. The second-order valence-electron chi connectivity index (χ2n) is 19.9. The number of hydrogen-bond donors (Lipinski definition) is 0. The van der Waals surface area contributed by atoms with Gasteiger partial charge in [0.2, 0.25) is 0 Å². The fourth-order valence-corrected chi connectivity index (χ4v) is 8.86. The van der Waals surface area contributed by atoms with Crippen molar-refractivity contribution in [1.82, 2.24) is 0 Å². The van der Waals surface area contributed by atoms with Crippen molar-refractivity contribution in [2.75, 3.05) is 13.2 Å². The Bertz CT molecular complexity index is 1010. The Morgan fingerprint density at radius 3 is 0.831 bits per heavy atom. The lowest BCUT2D eigenvalue weighted by Crippen LogP contribution is -2.30. The highest BCUT2D eigenvalue weighted by molar-refractivity contribution is 5.71. The van der Waals surface area contributed by atoms with Gasteiger partial charge in [-0.3, -0.25) is 14.4 Å². The lowest BCUT2D eigenvalue weighted by Gasteiger charge is -2.18. The largest absolute Gasteiger partial charge is 0.462 e. The Morgan fingerprint density at radius 2 is 0.538 bits per heavy atom. The number of ether oxygens (including phenoxy) is 3. The minimum absolute atomic E-state index is 0.0670. The van der Waals surface area contributed by atoms with Crippen LogP contribution < -0.4 is 0 Å². The Morgan fingerprint density at radius 1 is 0.292 bits per heavy atom.